The highest BCUT2D eigenvalue weighted by Gasteiger charge is 2.26. The topological polar surface area (TPSA) is 50.2 Å². The Bertz CT molecular complexity index is 828. The van der Waals surface area contributed by atoms with E-state index in [1.54, 1.807) is 16.7 Å². The summed E-state index contributed by atoms with van der Waals surface area (Å²) in [5, 5.41) is 4.79. The van der Waals surface area contributed by atoms with Gasteiger partial charge in [0.05, 0.1) is 27.0 Å². The van der Waals surface area contributed by atoms with Crippen LogP contribution in [0.1, 0.15) is 45.0 Å². The summed E-state index contributed by atoms with van der Waals surface area (Å²) >= 11 is 12.3. The molecule has 1 saturated heterocycles. The van der Waals surface area contributed by atoms with Gasteiger partial charge < -0.3 is 5.32 Å². The predicted octanol–water partition coefficient (Wildman–Crippen LogP) is 3.86. The van der Waals surface area contributed by atoms with Gasteiger partial charge in [-0.25, -0.2) is 4.98 Å². The van der Waals surface area contributed by atoms with Gasteiger partial charge in [-0.3, -0.25) is 14.3 Å². The lowest BCUT2D eigenvalue weighted by Crippen LogP contribution is -2.37. The van der Waals surface area contributed by atoms with Gasteiger partial charge in [0.1, 0.15) is 5.82 Å². The van der Waals surface area contributed by atoms with Crippen LogP contribution in [0.25, 0.3) is 10.9 Å². The number of nitrogens with zero attached hydrogens (tertiary/aromatic N) is 3. The fourth-order valence-corrected chi connectivity index (χ4v) is 4.04. The molecule has 0 aliphatic carbocycles. The van der Waals surface area contributed by atoms with Crippen LogP contribution < -0.4 is 10.9 Å². The summed E-state index contributed by atoms with van der Waals surface area (Å²) in [7, 11) is 0. The van der Waals surface area contributed by atoms with E-state index in [1.807, 2.05) is 6.92 Å². The molecule has 0 radical (unpaired) electrons. The van der Waals surface area contributed by atoms with Crippen molar-refractivity contribution in [1.82, 2.24) is 19.8 Å². The maximum absolute atomic E-state index is 13.1. The monoisotopic (exact) mass is 396 g/mol. The van der Waals surface area contributed by atoms with E-state index in [-0.39, 0.29) is 11.6 Å². The molecule has 0 saturated carbocycles. The summed E-state index contributed by atoms with van der Waals surface area (Å²) < 4.78 is 1.80. The molecule has 26 heavy (non-hydrogen) atoms. The van der Waals surface area contributed by atoms with Gasteiger partial charge in [-0.1, -0.05) is 36.5 Å². The second-order valence-electron chi connectivity index (χ2n) is 6.75. The van der Waals surface area contributed by atoms with Crippen molar-refractivity contribution in [2.24, 2.45) is 0 Å². The molecule has 1 unspecified atom stereocenters. The van der Waals surface area contributed by atoms with Crippen LogP contribution in [-0.4, -0.2) is 40.6 Å². The van der Waals surface area contributed by atoms with Crippen LogP contribution in [0.15, 0.2) is 16.9 Å². The predicted molar refractivity (Wildman–Crippen MR) is 108 cm³/mol. The van der Waals surface area contributed by atoms with Gasteiger partial charge >= 0.3 is 0 Å². The SMILES string of the molecule is CCCC(c1nc2cc(Cl)c(Cl)cc2c(=O)n1CC)N1CCCNCC1. The molecule has 1 aliphatic heterocycles. The van der Waals surface area contributed by atoms with E-state index in [1.165, 1.54) is 0 Å². The Morgan fingerprint density at radius 2 is 1.96 bits per heavy atom. The average Bonchev–Trinajstić information content (AvgIpc) is 2.91. The Balaban J connectivity index is 2.16. The van der Waals surface area contributed by atoms with E-state index >= 15 is 0 Å². The normalized spacial score (nSPS) is 17.4. The van der Waals surface area contributed by atoms with Gasteiger partial charge in [-0.15, -0.1) is 0 Å². The van der Waals surface area contributed by atoms with Crippen LogP contribution >= 0.6 is 23.2 Å². The van der Waals surface area contributed by atoms with Crippen molar-refractivity contribution < 1.29 is 0 Å². The number of hydrogen-bond acceptors (Lipinski definition) is 4. The molecule has 1 aromatic carbocycles. The molecule has 0 amide bonds. The van der Waals surface area contributed by atoms with Gasteiger partial charge in [-0.05, 0) is 38.4 Å². The van der Waals surface area contributed by atoms with Crippen LogP contribution in [0.2, 0.25) is 10.0 Å². The quantitative estimate of drug-likeness (QED) is 0.833. The average molecular weight is 397 g/mol. The van der Waals surface area contributed by atoms with E-state index in [9.17, 15) is 4.79 Å². The highest BCUT2D eigenvalue weighted by atomic mass is 35.5. The van der Waals surface area contributed by atoms with Crippen LogP contribution in [0.3, 0.4) is 0 Å². The van der Waals surface area contributed by atoms with Gasteiger partial charge in [0.25, 0.3) is 5.56 Å². The van der Waals surface area contributed by atoms with Crippen LogP contribution in [0, 0.1) is 0 Å². The summed E-state index contributed by atoms with van der Waals surface area (Å²) in [5.74, 6) is 0.840. The van der Waals surface area contributed by atoms with Crippen molar-refractivity contribution in [2.75, 3.05) is 26.2 Å². The molecule has 0 bridgehead atoms. The Morgan fingerprint density at radius 3 is 2.69 bits per heavy atom. The molecule has 1 aliphatic rings. The van der Waals surface area contributed by atoms with E-state index in [0.717, 1.165) is 51.3 Å². The minimum absolute atomic E-state index is 0.0416. The largest absolute Gasteiger partial charge is 0.315 e. The molecule has 3 rings (SSSR count). The molecule has 1 fully saturated rings. The zero-order chi connectivity index (χ0) is 18.7. The van der Waals surface area contributed by atoms with Crippen molar-refractivity contribution >= 4 is 34.1 Å². The van der Waals surface area contributed by atoms with Crippen molar-refractivity contribution in [2.45, 2.75) is 45.7 Å². The maximum atomic E-state index is 13.1. The number of hydrogen-bond donors (Lipinski definition) is 1. The second kappa shape index (κ2) is 8.70. The first-order chi connectivity index (χ1) is 12.6. The van der Waals surface area contributed by atoms with Crippen LogP contribution in [0.4, 0.5) is 0 Å². The zero-order valence-corrected chi connectivity index (χ0v) is 16.9. The highest BCUT2D eigenvalue weighted by Crippen LogP contribution is 2.29. The van der Waals surface area contributed by atoms with Crippen molar-refractivity contribution in [1.29, 1.82) is 0 Å². The summed E-state index contributed by atoms with van der Waals surface area (Å²) in [5.41, 5.74) is 0.582. The number of nitrogens with one attached hydrogen (secondary N) is 1. The molecule has 2 aromatic rings. The highest BCUT2D eigenvalue weighted by molar-refractivity contribution is 6.42. The van der Waals surface area contributed by atoms with Gasteiger partial charge in [0.2, 0.25) is 0 Å². The Morgan fingerprint density at radius 1 is 1.19 bits per heavy atom. The first-order valence-electron chi connectivity index (χ1n) is 9.41. The summed E-state index contributed by atoms with van der Waals surface area (Å²) in [6, 6.07) is 3.47. The number of rotatable bonds is 5. The lowest BCUT2D eigenvalue weighted by molar-refractivity contribution is 0.185. The van der Waals surface area contributed by atoms with E-state index < -0.39 is 0 Å². The Hall–Kier alpha value is -1.14. The second-order valence-corrected chi connectivity index (χ2v) is 7.56. The number of halogens is 2. The van der Waals surface area contributed by atoms with Crippen molar-refractivity contribution in [3.8, 4) is 0 Å². The van der Waals surface area contributed by atoms with E-state index in [0.29, 0.717) is 27.5 Å². The van der Waals surface area contributed by atoms with Gasteiger partial charge in [0, 0.05) is 26.2 Å². The Labute approximate surface area is 164 Å². The third kappa shape index (κ3) is 3.91. The van der Waals surface area contributed by atoms with Crippen molar-refractivity contribution in [3.05, 3.63) is 38.4 Å². The smallest absolute Gasteiger partial charge is 0.261 e. The number of benzene rings is 1. The van der Waals surface area contributed by atoms with Gasteiger partial charge in [-0.2, -0.15) is 0 Å². The zero-order valence-electron chi connectivity index (χ0n) is 15.4. The standard InChI is InChI=1S/C19H26Cl2N4O/c1-3-6-17(24-9-5-7-22-8-10-24)18-23-16-12-15(21)14(20)11-13(16)19(26)25(18)4-2/h11-12,17,22H,3-10H2,1-2H3. The van der Waals surface area contributed by atoms with Crippen molar-refractivity contribution in [3.63, 3.8) is 0 Å². The Kier molecular flexibility index (Phi) is 6.56. The fraction of sp³-hybridized carbons (Fsp3) is 0.579. The molecule has 2 heterocycles. The lowest BCUT2D eigenvalue weighted by atomic mass is 10.1. The minimum Gasteiger partial charge on any atom is -0.315 e. The molecule has 142 valence electrons. The van der Waals surface area contributed by atoms with Crippen LogP contribution in [-0.2, 0) is 6.54 Å². The molecule has 1 aromatic heterocycles. The molecule has 1 atom stereocenters. The molecule has 5 nitrogen and oxygen atoms in total. The summed E-state index contributed by atoms with van der Waals surface area (Å²) in [6.07, 6.45) is 3.11. The minimum atomic E-state index is -0.0416. The maximum Gasteiger partial charge on any atom is 0.261 e. The number of aromatic nitrogens is 2. The van der Waals surface area contributed by atoms with E-state index in [2.05, 4.69) is 17.1 Å². The molecule has 7 heteroatoms. The van der Waals surface area contributed by atoms with Gasteiger partial charge in [0.15, 0.2) is 0 Å². The first-order valence-corrected chi connectivity index (χ1v) is 10.2. The van der Waals surface area contributed by atoms with Crippen LogP contribution in [0.5, 0.6) is 0 Å². The molecule has 1 N–H and O–H groups in total. The first kappa shape index (κ1) is 19.6. The van der Waals surface area contributed by atoms with E-state index in [4.69, 9.17) is 28.2 Å². The molecular weight excluding hydrogens is 371 g/mol. The lowest BCUT2D eigenvalue weighted by Gasteiger charge is -2.31. The third-order valence-corrected chi connectivity index (χ3v) is 5.74. The molecule has 0 spiro atoms. The number of fused-ring (bicyclic) bond motifs is 1. The molecular formula is C19H26Cl2N4O. The summed E-state index contributed by atoms with van der Waals surface area (Å²) in [4.78, 5) is 20.4. The summed E-state index contributed by atoms with van der Waals surface area (Å²) in [6.45, 7) is 8.73. The fourth-order valence-electron chi connectivity index (χ4n) is 3.72. The third-order valence-electron chi connectivity index (χ3n) is 5.02.